The quantitative estimate of drug-likeness (QED) is 0.757. The molecule has 1 amide bonds. The van der Waals surface area contributed by atoms with Crippen LogP contribution in [0.5, 0.6) is 0 Å². The van der Waals surface area contributed by atoms with Crippen molar-refractivity contribution in [3.05, 3.63) is 0 Å². The van der Waals surface area contributed by atoms with Crippen LogP contribution in [-0.4, -0.2) is 18.0 Å². The Bertz CT molecular complexity index is 301. The third kappa shape index (κ3) is 5.25. The van der Waals surface area contributed by atoms with Crippen LogP contribution in [0.15, 0.2) is 0 Å². The maximum atomic E-state index is 12.0. The maximum Gasteiger partial charge on any atom is 0.220 e. The minimum Gasteiger partial charge on any atom is -0.349 e. The molecule has 0 aromatic carbocycles. The van der Waals surface area contributed by atoms with Gasteiger partial charge in [-0.3, -0.25) is 4.79 Å². The van der Waals surface area contributed by atoms with Crippen molar-refractivity contribution < 1.29 is 4.79 Å². The van der Waals surface area contributed by atoms with E-state index in [4.69, 9.17) is 5.73 Å². The first-order valence-corrected chi connectivity index (χ1v) is 8.15. The minimum atomic E-state index is -0.151. The first kappa shape index (κ1) is 17.8. The molecule has 1 atom stereocenters. The van der Waals surface area contributed by atoms with Crippen LogP contribution in [0.2, 0.25) is 0 Å². The molecule has 0 aromatic heterocycles. The van der Waals surface area contributed by atoms with E-state index in [1.807, 2.05) is 0 Å². The third-order valence-corrected chi connectivity index (χ3v) is 5.07. The van der Waals surface area contributed by atoms with E-state index in [0.717, 1.165) is 12.3 Å². The molecule has 2 fully saturated rings. The summed E-state index contributed by atoms with van der Waals surface area (Å²) in [6, 6.07) is 0. The lowest BCUT2D eigenvalue weighted by Crippen LogP contribution is -2.53. The predicted octanol–water partition coefficient (Wildman–Crippen LogP) is 3.40. The summed E-state index contributed by atoms with van der Waals surface area (Å²) in [6.45, 7) is 2.66. The van der Waals surface area contributed by atoms with Gasteiger partial charge in [-0.25, -0.2) is 0 Å². The molecular weight excluding hydrogens is 272 g/mol. The zero-order chi connectivity index (χ0) is 13.7. The fourth-order valence-electron chi connectivity index (χ4n) is 3.45. The monoisotopic (exact) mass is 302 g/mol. The third-order valence-electron chi connectivity index (χ3n) is 5.07. The number of halogens is 1. The van der Waals surface area contributed by atoms with Crippen molar-refractivity contribution in [1.29, 1.82) is 0 Å². The average molecular weight is 303 g/mol. The fourth-order valence-corrected chi connectivity index (χ4v) is 3.45. The second-order valence-corrected chi connectivity index (χ2v) is 6.84. The lowest BCUT2D eigenvalue weighted by Gasteiger charge is -2.29. The first-order valence-electron chi connectivity index (χ1n) is 8.15. The van der Waals surface area contributed by atoms with Gasteiger partial charge in [0, 0.05) is 13.0 Å². The smallest absolute Gasteiger partial charge is 0.220 e. The van der Waals surface area contributed by atoms with Gasteiger partial charge in [-0.1, -0.05) is 32.1 Å². The van der Waals surface area contributed by atoms with E-state index in [1.54, 1.807) is 0 Å². The molecule has 2 saturated carbocycles. The number of hydrogen-bond acceptors (Lipinski definition) is 2. The summed E-state index contributed by atoms with van der Waals surface area (Å²) in [6.07, 6.45) is 12.3. The second-order valence-electron chi connectivity index (χ2n) is 6.84. The molecule has 0 bridgehead atoms. The average Bonchev–Trinajstić information content (AvgIpc) is 3.24. The highest BCUT2D eigenvalue weighted by Crippen LogP contribution is 2.39. The highest BCUT2D eigenvalue weighted by molar-refractivity contribution is 5.85. The van der Waals surface area contributed by atoms with E-state index in [1.165, 1.54) is 51.4 Å². The van der Waals surface area contributed by atoms with Crippen molar-refractivity contribution >= 4 is 18.3 Å². The van der Waals surface area contributed by atoms with Gasteiger partial charge in [0.1, 0.15) is 0 Å². The number of rotatable bonds is 7. The standard InChI is InChI=1S/C16H30N2O.ClH/c1-16(12-17,14-10-11-14)18-15(19)9-5-8-13-6-3-2-4-7-13;/h13-14H,2-12,17H2,1H3,(H,18,19);1H. The van der Waals surface area contributed by atoms with Crippen molar-refractivity contribution in [3.8, 4) is 0 Å². The Balaban J connectivity index is 0.00000200. The minimum absolute atomic E-state index is 0. The van der Waals surface area contributed by atoms with Crippen LogP contribution in [0.3, 0.4) is 0 Å². The molecule has 2 aliphatic rings. The molecule has 0 spiro atoms. The Hall–Kier alpha value is -0.280. The van der Waals surface area contributed by atoms with Gasteiger partial charge < -0.3 is 11.1 Å². The molecule has 0 radical (unpaired) electrons. The molecule has 3 N–H and O–H groups in total. The van der Waals surface area contributed by atoms with Gasteiger partial charge in [-0.2, -0.15) is 0 Å². The molecule has 4 heteroatoms. The Morgan fingerprint density at radius 3 is 2.40 bits per heavy atom. The molecule has 0 heterocycles. The molecule has 3 nitrogen and oxygen atoms in total. The molecule has 1 unspecified atom stereocenters. The van der Waals surface area contributed by atoms with Gasteiger partial charge in [0.05, 0.1) is 5.54 Å². The summed E-state index contributed by atoms with van der Waals surface area (Å²) in [7, 11) is 0. The molecule has 0 aliphatic heterocycles. The lowest BCUT2D eigenvalue weighted by molar-refractivity contribution is -0.123. The summed E-state index contributed by atoms with van der Waals surface area (Å²) in [5, 5.41) is 3.18. The topological polar surface area (TPSA) is 55.1 Å². The van der Waals surface area contributed by atoms with Crippen molar-refractivity contribution in [2.75, 3.05) is 6.54 Å². The summed E-state index contributed by atoms with van der Waals surface area (Å²) in [4.78, 5) is 12.0. The number of amides is 1. The second kappa shape index (κ2) is 8.23. The van der Waals surface area contributed by atoms with Crippen LogP contribution in [-0.2, 0) is 4.79 Å². The Kier molecular flexibility index (Phi) is 7.32. The zero-order valence-electron chi connectivity index (χ0n) is 12.8. The summed E-state index contributed by atoms with van der Waals surface area (Å²) >= 11 is 0. The number of nitrogens with one attached hydrogen (secondary N) is 1. The molecule has 118 valence electrons. The number of hydrogen-bond donors (Lipinski definition) is 2. The van der Waals surface area contributed by atoms with E-state index in [0.29, 0.717) is 18.9 Å². The van der Waals surface area contributed by atoms with Gasteiger partial charge in [0.25, 0.3) is 0 Å². The largest absolute Gasteiger partial charge is 0.349 e. The van der Waals surface area contributed by atoms with Crippen molar-refractivity contribution in [3.63, 3.8) is 0 Å². The van der Waals surface area contributed by atoms with Crippen LogP contribution < -0.4 is 11.1 Å². The van der Waals surface area contributed by atoms with Crippen molar-refractivity contribution in [2.45, 2.75) is 76.7 Å². The molecule has 0 aromatic rings. The van der Waals surface area contributed by atoms with Gasteiger partial charge >= 0.3 is 0 Å². The van der Waals surface area contributed by atoms with Gasteiger partial charge in [0.2, 0.25) is 5.91 Å². The van der Waals surface area contributed by atoms with Crippen molar-refractivity contribution in [2.24, 2.45) is 17.6 Å². The van der Waals surface area contributed by atoms with Gasteiger partial charge in [0.15, 0.2) is 0 Å². The first-order chi connectivity index (χ1) is 9.14. The van der Waals surface area contributed by atoms with Crippen LogP contribution in [0.25, 0.3) is 0 Å². The summed E-state index contributed by atoms with van der Waals surface area (Å²) < 4.78 is 0. The maximum absolute atomic E-state index is 12.0. The number of carbonyl (C=O) groups is 1. The van der Waals surface area contributed by atoms with Crippen LogP contribution >= 0.6 is 12.4 Å². The van der Waals surface area contributed by atoms with Crippen molar-refractivity contribution in [1.82, 2.24) is 5.32 Å². The summed E-state index contributed by atoms with van der Waals surface area (Å²) in [5.41, 5.74) is 5.68. The van der Waals surface area contributed by atoms with Crippen LogP contribution in [0.1, 0.15) is 71.1 Å². The van der Waals surface area contributed by atoms with Crippen LogP contribution in [0, 0.1) is 11.8 Å². The van der Waals surface area contributed by atoms with E-state index < -0.39 is 0 Å². The fraction of sp³-hybridized carbons (Fsp3) is 0.938. The van der Waals surface area contributed by atoms with E-state index in [-0.39, 0.29) is 23.9 Å². The zero-order valence-corrected chi connectivity index (χ0v) is 13.6. The SMILES string of the molecule is CC(CN)(NC(=O)CCCC1CCCCC1)C1CC1.Cl. The number of nitrogens with two attached hydrogens (primary N) is 1. The van der Waals surface area contributed by atoms with E-state index in [2.05, 4.69) is 12.2 Å². The van der Waals surface area contributed by atoms with E-state index in [9.17, 15) is 4.79 Å². The Morgan fingerprint density at radius 2 is 1.85 bits per heavy atom. The predicted molar refractivity (Wildman–Crippen MR) is 86.0 cm³/mol. The number of carbonyl (C=O) groups excluding carboxylic acids is 1. The van der Waals surface area contributed by atoms with Crippen LogP contribution in [0.4, 0.5) is 0 Å². The van der Waals surface area contributed by atoms with E-state index >= 15 is 0 Å². The molecule has 2 aliphatic carbocycles. The molecule has 0 saturated heterocycles. The highest BCUT2D eigenvalue weighted by atomic mass is 35.5. The summed E-state index contributed by atoms with van der Waals surface area (Å²) in [5.74, 6) is 1.70. The molecular formula is C16H31ClN2O. The lowest BCUT2D eigenvalue weighted by atomic mass is 9.86. The van der Waals surface area contributed by atoms with Gasteiger partial charge in [-0.15, -0.1) is 12.4 Å². The molecule has 2 rings (SSSR count). The van der Waals surface area contributed by atoms with Gasteiger partial charge in [-0.05, 0) is 44.4 Å². The Morgan fingerprint density at radius 1 is 1.20 bits per heavy atom. The molecule has 20 heavy (non-hydrogen) atoms. The highest BCUT2D eigenvalue weighted by Gasteiger charge is 2.41. The Labute approximate surface area is 129 Å². The normalized spacial score (nSPS) is 22.7.